The van der Waals surface area contributed by atoms with Gasteiger partial charge in [0, 0.05) is 66.4 Å². The number of amides is 2. The van der Waals surface area contributed by atoms with Crippen LogP contribution in [0.2, 0.25) is 10.0 Å². The lowest BCUT2D eigenvalue weighted by Gasteiger charge is -2.36. The number of benzene rings is 1. The van der Waals surface area contributed by atoms with Crippen LogP contribution in [-0.2, 0) is 6.42 Å². The molecule has 1 aliphatic heterocycles. The third kappa shape index (κ3) is 5.16. The van der Waals surface area contributed by atoms with E-state index in [2.05, 4.69) is 24.1 Å². The zero-order valence-corrected chi connectivity index (χ0v) is 19.5. The monoisotopic (exact) mass is 449 g/mol. The van der Waals surface area contributed by atoms with Crippen LogP contribution < -0.4 is 10.2 Å². The van der Waals surface area contributed by atoms with Crippen LogP contribution in [-0.4, -0.2) is 53.6 Å². The second-order valence-electron chi connectivity index (χ2n) is 7.85. The zero-order chi connectivity index (χ0) is 21.8. The van der Waals surface area contributed by atoms with E-state index in [-0.39, 0.29) is 11.9 Å². The predicted octanol–water partition coefficient (Wildman–Crippen LogP) is 4.66. The number of anilines is 1. The fraction of sp³-hybridized carbons (Fsp3) is 0.500. The molecule has 6 nitrogen and oxygen atoms in total. The molecule has 1 aliphatic rings. The average molecular weight is 450 g/mol. The molecular weight excluding hydrogens is 421 g/mol. The number of aryl methyl sites for hydroxylation is 1. The fourth-order valence-corrected chi connectivity index (χ4v) is 4.04. The summed E-state index contributed by atoms with van der Waals surface area (Å²) in [4.78, 5) is 26.0. The summed E-state index contributed by atoms with van der Waals surface area (Å²) in [6.45, 7) is 11.6. The van der Waals surface area contributed by atoms with Gasteiger partial charge in [0.15, 0.2) is 0 Å². The van der Waals surface area contributed by atoms with Crippen molar-refractivity contribution in [1.82, 2.24) is 20.2 Å². The molecular formula is C22H29Cl2N5O. The molecule has 2 heterocycles. The van der Waals surface area contributed by atoms with Gasteiger partial charge in [0.1, 0.15) is 11.6 Å². The van der Waals surface area contributed by atoms with Gasteiger partial charge in [-0.15, -0.1) is 0 Å². The Morgan fingerprint density at radius 2 is 1.87 bits per heavy atom. The largest absolute Gasteiger partial charge is 0.353 e. The van der Waals surface area contributed by atoms with Gasteiger partial charge in [0.05, 0.1) is 0 Å². The first kappa shape index (κ1) is 22.6. The lowest BCUT2D eigenvalue weighted by atomic mass is 10.0. The van der Waals surface area contributed by atoms with Crippen molar-refractivity contribution < 1.29 is 4.79 Å². The van der Waals surface area contributed by atoms with E-state index in [1.54, 1.807) is 6.07 Å². The second kappa shape index (κ2) is 9.84. The van der Waals surface area contributed by atoms with Crippen molar-refractivity contribution in [2.75, 3.05) is 37.6 Å². The zero-order valence-electron chi connectivity index (χ0n) is 18.0. The number of urea groups is 1. The Balaban J connectivity index is 1.91. The molecule has 8 heteroatoms. The fourth-order valence-electron chi connectivity index (χ4n) is 3.57. The van der Waals surface area contributed by atoms with Crippen LogP contribution >= 0.6 is 23.2 Å². The standard InChI is InChI=1S/C22H29Cl2N5O/c1-5-25-22(30)29-10-8-28(9-11-29)21-18(15(4)26-20(27-21)14(2)3)12-16-6-7-17(23)13-19(16)24/h6-7,13-14H,5,8-12H2,1-4H3,(H,25,30). The predicted molar refractivity (Wildman–Crippen MR) is 123 cm³/mol. The maximum absolute atomic E-state index is 12.2. The van der Waals surface area contributed by atoms with E-state index in [4.69, 9.17) is 33.2 Å². The Morgan fingerprint density at radius 1 is 1.17 bits per heavy atom. The van der Waals surface area contributed by atoms with E-state index in [0.29, 0.717) is 36.1 Å². The molecule has 162 valence electrons. The van der Waals surface area contributed by atoms with E-state index in [1.807, 2.05) is 30.9 Å². The van der Waals surface area contributed by atoms with Gasteiger partial charge in [-0.05, 0) is 31.5 Å². The lowest BCUT2D eigenvalue weighted by molar-refractivity contribution is 0.195. The topological polar surface area (TPSA) is 61.4 Å². The summed E-state index contributed by atoms with van der Waals surface area (Å²) in [5.41, 5.74) is 3.02. The summed E-state index contributed by atoms with van der Waals surface area (Å²) in [6.07, 6.45) is 0.631. The van der Waals surface area contributed by atoms with Gasteiger partial charge in [0.25, 0.3) is 0 Å². The van der Waals surface area contributed by atoms with Gasteiger partial charge < -0.3 is 15.1 Å². The van der Waals surface area contributed by atoms with Gasteiger partial charge in [-0.2, -0.15) is 0 Å². The van der Waals surface area contributed by atoms with Gasteiger partial charge in [-0.25, -0.2) is 14.8 Å². The molecule has 30 heavy (non-hydrogen) atoms. The molecule has 1 aromatic heterocycles. The summed E-state index contributed by atoms with van der Waals surface area (Å²) < 4.78 is 0. The average Bonchev–Trinajstić information content (AvgIpc) is 2.71. The number of aromatic nitrogens is 2. The van der Waals surface area contributed by atoms with Crippen molar-refractivity contribution in [2.45, 2.75) is 40.0 Å². The molecule has 0 bridgehead atoms. The number of nitrogens with one attached hydrogen (secondary N) is 1. The summed E-state index contributed by atoms with van der Waals surface area (Å²) in [5, 5.41) is 4.13. The number of rotatable bonds is 5. The van der Waals surface area contributed by atoms with E-state index < -0.39 is 0 Å². The number of piperazine rings is 1. The van der Waals surface area contributed by atoms with Crippen LogP contribution in [0.15, 0.2) is 18.2 Å². The second-order valence-corrected chi connectivity index (χ2v) is 8.69. The first-order valence-corrected chi connectivity index (χ1v) is 11.1. The van der Waals surface area contributed by atoms with Crippen LogP contribution in [0.4, 0.5) is 10.6 Å². The quantitative estimate of drug-likeness (QED) is 0.720. The van der Waals surface area contributed by atoms with E-state index in [0.717, 1.165) is 41.6 Å². The summed E-state index contributed by atoms with van der Waals surface area (Å²) in [5.74, 6) is 2.00. The third-order valence-corrected chi connectivity index (χ3v) is 5.89. The Bertz CT molecular complexity index is 911. The molecule has 1 saturated heterocycles. The molecule has 1 N–H and O–H groups in total. The number of halogens is 2. The summed E-state index contributed by atoms with van der Waals surface area (Å²) in [7, 11) is 0. The minimum Gasteiger partial charge on any atom is -0.353 e. The van der Waals surface area contributed by atoms with Crippen molar-refractivity contribution in [3.8, 4) is 0 Å². The summed E-state index contributed by atoms with van der Waals surface area (Å²) in [6, 6.07) is 5.57. The van der Waals surface area contributed by atoms with E-state index in [9.17, 15) is 4.79 Å². The molecule has 1 fully saturated rings. The normalized spacial score (nSPS) is 14.4. The van der Waals surface area contributed by atoms with Gasteiger partial charge in [0.2, 0.25) is 0 Å². The van der Waals surface area contributed by atoms with Crippen LogP contribution in [0.1, 0.15) is 49.3 Å². The van der Waals surface area contributed by atoms with E-state index in [1.165, 1.54) is 0 Å². The van der Waals surface area contributed by atoms with Crippen LogP contribution in [0.5, 0.6) is 0 Å². The van der Waals surface area contributed by atoms with Crippen LogP contribution in [0, 0.1) is 6.92 Å². The number of hydrogen-bond donors (Lipinski definition) is 1. The molecule has 1 aromatic carbocycles. The Labute approximate surface area is 188 Å². The highest BCUT2D eigenvalue weighted by molar-refractivity contribution is 6.35. The molecule has 0 unspecified atom stereocenters. The minimum atomic E-state index is -0.00735. The molecule has 0 aliphatic carbocycles. The SMILES string of the molecule is CCNC(=O)N1CCN(c2nc(C(C)C)nc(C)c2Cc2ccc(Cl)cc2Cl)CC1. The first-order chi connectivity index (χ1) is 14.3. The van der Waals surface area contributed by atoms with Crippen molar-refractivity contribution in [1.29, 1.82) is 0 Å². The maximum atomic E-state index is 12.2. The molecule has 0 radical (unpaired) electrons. The molecule has 2 amide bonds. The van der Waals surface area contributed by atoms with Crippen molar-refractivity contribution in [3.05, 3.63) is 50.9 Å². The van der Waals surface area contributed by atoms with Crippen molar-refractivity contribution >= 4 is 35.1 Å². The summed E-state index contributed by atoms with van der Waals surface area (Å²) >= 11 is 12.5. The number of hydrogen-bond acceptors (Lipinski definition) is 4. The van der Waals surface area contributed by atoms with Crippen molar-refractivity contribution in [3.63, 3.8) is 0 Å². The smallest absolute Gasteiger partial charge is 0.317 e. The number of carbonyl (C=O) groups excluding carboxylic acids is 1. The Hall–Kier alpha value is -2.05. The molecule has 0 saturated carbocycles. The molecule has 0 spiro atoms. The van der Waals surface area contributed by atoms with Gasteiger partial charge >= 0.3 is 6.03 Å². The Kier molecular flexibility index (Phi) is 7.42. The third-order valence-electron chi connectivity index (χ3n) is 5.30. The highest BCUT2D eigenvalue weighted by Crippen LogP contribution is 2.30. The maximum Gasteiger partial charge on any atom is 0.317 e. The first-order valence-electron chi connectivity index (χ1n) is 10.4. The molecule has 3 rings (SSSR count). The molecule has 0 atom stereocenters. The highest BCUT2D eigenvalue weighted by Gasteiger charge is 2.25. The van der Waals surface area contributed by atoms with Crippen molar-refractivity contribution in [2.24, 2.45) is 0 Å². The lowest BCUT2D eigenvalue weighted by Crippen LogP contribution is -2.52. The van der Waals surface area contributed by atoms with Crippen LogP contribution in [0.3, 0.4) is 0 Å². The Morgan fingerprint density at radius 3 is 2.47 bits per heavy atom. The highest BCUT2D eigenvalue weighted by atomic mass is 35.5. The van der Waals surface area contributed by atoms with Crippen LogP contribution in [0.25, 0.3) is 0 Å². The number of carbonyl (C=O) groups is 1. The minimum absolute atomic E-state index is 0.00735. The van der Waals surface area contributed by atoms with Gasteiger partial charge in [-0.3, -0.25) is 0 Å². The van der Waals surface area contributed by atoms with Gasteiger partial charge in [-0.1, -0.05) is 43.1 Å². The number of nitrogens with zero attached hydrogens (tertiary/aromatic N) is 4. The molecule has 2 aromatic rings. The van der Waals surface area contributed by atoms with E-state index >= 15 is 0 Å².